The molecule has 3 heterocycles. The van der Waals surface area contributed by atoms with Crippen molar-refractivity contribution in [2.45, 2.75) is 234 Å². The Hall–Kier alpha value is -2.25. The second kappa shape index (κ2) is 35.0. The van der Waals surface area contributed by atoms with Crippen LogP contribution in [0, 0.1) is 0 Å². The summed E-state index contributed by atoms with van der Waals surface area (Å²) in [7, 11) is 0. The maximum atomic E-state index is 13.2. The van der Waals surface area contributed by atoms with Gasteiger partial charge < -0.3 is 89.9 Å². The van der Waals surface area contributed by atoms with Gasteiger partial charge in [-0.25, -0.2) is 0 Å². The number of amides is 1. The fraction of sp³-hybridized carbons (Fsp3) is 0.820. The topological polar surface area (TPSA) is 307 Å². The van der Waals surface area contributed by atoms with Crippen molar-refractivity contribution < 1.29 is 89.4 Å². The maximum Gasteiger partial charge on any atom is 0.220 e. The van der Waals surface area contributed by atoms with Gasteiger partial charge in [0.05, 0.1) is 38.6 Å². The second-order valence-electron chi connectivity index (χ2n) is 18.3. The van der Waals surface area contributed by atoms with E-state index in [4.69, 9.17) is 28.4 Å². The van der Waals surface area contributed by atoms with Crippen LogP contribution >= 0.6 is 0 Å². The van der Waals surface area contributed by atoms with Gasteiger partial charge in [-0.15, -0.1) is 0 Å². The SMILES string of the molecule is CCC/C=C/CC/C=C/CC/C=C/C(O)C(COC1OC(CO)C(OC2OC(CO)C(OC3OC(CO)C(O)C(O)C3O)C(O)C2O)C(O)C1O)NC(=O)CCCCCCC/C=C\CCCCCC. The van der Waals surface area contributed by atoms with Crippen LogP contribution in [0.2, 0.25) is 0 Å². The Bertz CT molecular complexity index is 1460. The van der Waals surface area contributed by atoms with Crippen LogP contribution in [0.1, 0.15) is 129 Å². The van der Waals surface area contributed by atoms with Gasteiger partial charge in [-0.05, 0) is 64.2 Å². The van der Waals surface area contributed by atoms with Crippen LogP contribution in [0.4, 0.5) is 0 Å². The number of carbonyl (C=O) groups is 1. The fourth-order valence-electron chi connectivity index (χ4n) is 8.28. The molecule has 3 rings (SSSR count). The van der Waals surface area contributed by atoms with E-state index in [9.17, 15) is 61.0 Å². The Kier molecular flexibility index (Phi) is 31.0. The molecule has 0 aromatic rings. The van der Waals surface area contributed by atoms with E-state index in [1.807, 2.05) is 0 Å². The largest absolute Gasteiger partial charge is 0.394 e. The van der Waals surface area contributed by atoms with Gasteiger partial charge in [0.25, 0.3) is 0 Å². The number of allylic oxidation sites excluding steroid dienone is 7. The van der Waals surface area contributed by atoms with E-state index in [-0.39, 0.29) is 18.9 Å². The van der Waals surface area contributed by atoms with Crippen molar-refractivity contribution in [2.75, 3.05) is 26.4 Å². The molecule has 3 fully saturated rings. The van der Waals surface area contributed by atoms with Crippen LogP contribution in [0.5, 0.6) is 0 Å². The van der Waals surface area contributed by atoms with E-state index in [2.05, 4.69) is 55.6 Å². The van der Waals surface area contributed by atoms with Crippen LogP contribution in [0.15, 0.2) is 48.6 Å². The summed E-state index contributed by atoms with van der Waals surface area (Å²) in [5.74, 6) is -0.306. The third kappa shape index (κ3) is 21.0. The minimum Gasteiger partial charge on any atom is -0.394 e. The van der Waals surface area contributed by atoms with Crippen LogP contribution in [-0.4, -0.2) is 193 Å². The van der Waals surface area contributed by atoms with Gasteiger partial charge in [0.1, 0.15) is 73.2 Å². The molecule has 0 aromatic carbocycles. The molecule has 1 amide bonds. The summed E-state index contributed by atoms with van der Waals surface area (Å²) >= 11 is 0. The molecule has 19 nitrogen and oxygen atoms in total. The van der Waals surface area contributed by atoms with Crippen molar-refractivity contribution in [1.29, 1.82) is 0 Å². The summed E-state index contributed by atoms with van der Waals surface area (Å²) in [6, 6.07) is -0.997. The lowest BCUT2D eigenvalue weighted by molar-refractivity contribution is -0.379. The zero-order valence-corrected chi connectivity index (χ0v) is 40.8. The van der Waals surface area contributed by atoms with Crippen LogP contribution in [0.3, 0.4) is 0 Å². The number of unbranched alkanes of at least 4 members (excludes halogenated alkanes) is 12. The quantitative estimate of drug-likeness (QED) is 0.0322. The molecule has 17 atom stereocenters. The van der Waals surface area contributed by atoms with Crippen LogP contribution in [0.25, 0.3) is 0 Å². The van der Waals surface area contributed by atoms with Gasteiger partial charge >= 0.3 is 0 Å². The summed E-state index contributed by atoms with van der Waals surface area (Å²) in [6.45, 7) is 1.53. The molecule has 400 valence electrons. The number of nitrogens with one attached hydrogen (secondary N) is 1. The van der Waals surface area contributed by atoms with Crippen molar-refractivity contribution in [3.8, 4) is 0 Å². The van der Waals surface area contributed by atoms with E-state index >= 15 is 0 Å². The first-order valence-electron chi connectivity index (χ1n) is 25.4. The number of carbonyl (C=O) groups excluding carboxylic acids is 1. The standard InChI is InChI=1S/C50H87NO18/c1-3-5-7-9-11-13-15-16-18-20-22-24-26-28-38(56)51-33(34(55)27-25-23-21-19-17-14-12-10-8-6-4-2)32-64-48-44(62)41(59)46(36(30-53)66-48)69-50-45(63)42(60)47(37(31-54)67-50)68-49-43(61)40(58)39(57)35(29-52)65-49/h8,10,13,15,17,19,25,27,33-37,39-50,52-55,57-63H,3-7,9,11-12,14,16,18,20-24,26,28-32H2,1-2H3,(H,51,56)/b10-8+,15-13-,19-17+,27-25+. The van der Waals surface area contributed by atoms with Crippen LogP contribution in [-0.2, 0) is 33.2 Å². The predicted octanol–water partition coefficient (Wildman–Crippen LogP) is 1.58. The summed E-state index contributed by atoms with van der Waals surface area (Å²) in [4.78, 5) is 13.2. The molecule has 3 saturated heterocycles. The molecule has 19 heteroatoms. The highest BCUT2D eigenvalue weighted by Gasteiger charge is 2.53. The third-order valence-corrected chi connectivity index (χ3v) is 12.6. The highest BCUT2D eigenvalue weighted by molar-refractivity contribution is 5.76. The van der Waals surface area contributed by atoms with Crippen molar-refractivity contribution in [3.05, 3.63) is 48.6 Å². The minimum absolute atomic E-state index is 0.220. The molecule has 3 aliphatic rings. The Morgan fingerprint density at radius 1 is 0.507 bits per heavy atom. The Morgan fingerprint density at radius 3 is 1.51 bits per heavy atom. The molecule has 0 radical (unpaired) electrons. The highest BCUT2D eigenvalue weighted by Crippen LogP contribution is 2.33. The lowest BCUT2D eigenvalue weighted by Gasteiger charge is -2.48. The molecule has 12 N–H and O–H groups in total. The average Bonchev–Trinajstić information content (AvgIpc) is 3.34. The molecule has 0 aromatic heterocycles. The van der Waals surface area contributed by atoms with Gasteiger partial charge in [-0.2, -0.15) is 0 Å². The Labute approximate surface area is 408 Å². The van der Waals surface area contributed by atoms with Crippen molar-refractivity contribution >= 4 is 5.91 Å². The lowest BCUT2D eigenvalue weighted by Crippen LogP contribution is -2.66. The van der Waals surface area contributed by atoms with E-state index in [0.717, 1.165) is 70.6 Å². The zero-order chi connectivity index (χ0) is 50.6. The molecule has 0 bridgehead atoms. The number of ether oxygens (including phenoxy) is 6. The summed E-state index contributed by atoms with van der Waals surface area (Å²) in [6.07, 6.45) is 7.01. The lowest BCUT2D eigenvalue weighted by atomic mass is 9.96. The first-order valence-corrected chi connectivity index (χ1v) is 25.4. The monoisotopic (exact) mass is 990 g/mol. The van der Waals surface area contributed by atoms with Gasteiger partial charge in [-0.3, -0.25) is 4.79 Å². The first-order chi connectivity index (χ1) is 33.3. The normalized spacial score (nSPS) is 33.3. The highest BCUT2D eigenvalue weighted by atomic mass is 16.8. The second-order valence-corrected chi connectivity index (χ2v) is 18.3. The Balaban J connectivity index is 1.59. The summed E-state index contributed by atoms with van der Waals surface area (Å²) in [5.41, 5.74) is 0. The molecule has 17 unspecified atom stereocenters. The van der Waals surface area contributed by atoms with E-state index < -0.39 is 124 Å². The predicted molar refractivity (Wildman–Crippen MR) is 254 cm³/mol. The summed E-state index contributed by atoms with van der Waals surface area (Å²) < 4.78 is 34.0. The minimum atomic E-state index is -1.98. The number of aliphatic hydroxyl groups excluding tert-OH is 11. The number of hydrogen-bond acceptors (Lipinski definition) is 18. The molecule has 0 aliphatic carbocycles. The molecule has 69 heavy (non-hydrogen) atoms. The molecule has 0 spiro atoms. The molecule has 3 aliphatic heterocycles. The van der Waals surface area contributed by atoms with E-state index in [1.165, 1.54) is 25.7 Å². The maximum absolute atomic E-state index is 13.2. The molecular weight excluding hydrogens is 903 g/mol. The van der Waals surface area contributed by atoms with Gasteiger partial charge in [0, 0.05) is 6.42 Å². The Morgan fingerprint density at radius 2 is 0.957 bits per heavy atom. The average molecular weight is 990 g/mol. The number of rotatable bonds is 34. The molecule has 0 saturated carbocycles. The van der Waals surface area contributed by atoms with Gasteiger partial charge in [0.2, 0.25) is 5.91 Å². The smallest absolute Gasteiger partial charge is 0.220 e. The zero-order valence-electron chi connectivity index (χ0n) is 40.8. The van der Waals surface area contributed by atoms with Crippen molar-refractivity contribution in [2.24, 2.45) is 0 Å². The van der Waals surface area contributed by atoms with Crippen molar-refractivity contribution in [1.82, 2.24) is 5.32 Å². The number of aliphatic hydroxyl groups is 11. The van der Waals surface area contributed by atoms with Gasteiger partial charge in [-0.1, -0.05) is 107 Å². The summed E-state index contributed by atoms with van der Waals surface area (Å²) in [5, 5.41) is 119. The van der Waals surface area contributed by atoms with Gasteiger partial charge in [0.15, 0.2) is 18.9 Å². The third-order valence-electron chi connectivity index (χ3n) is 12.6. The van der Waals surface area contributed by atoms with E-state index in [1.54, 1.807) is 12.2 Å². The number of hydrogen-bond donors (Lipinski definition) is 12. The van der Waals surface area contributed by atoms with Crippen molar-refractivity contribution in [3.63, 3.8) is 0 Å². The fourth-order valence-corrected chi connectivity index (χ4v) is 8.28. The van der Waals surface area contributed by atoms with Crippen LogP contribution < -0.4 is 5.32 Å². The first kappa shape index (κ1) is 61.1. The molecular formula is C50H87NO18. The van der Waals surface area contributed by atoms with E-state index in [0.29, 0.717) is 12.8 Å².